The van der Waals surface area contributed by atoms with E-state index in [9.17, 15) is 9.50 Å². The smallest absolute Gasteiger partial charge is 0.145 e. The lowest BCUT2D eigenvalue weighted by Gasteiger charge is -2.22. The molecule has 0 aliphatic carbocycles. The number of aliphatic hydroxyl groups excluding tert-OH is 1. The summed E-state index contributed by atoms with van der Waals surface area (Å²) in [6.45, 7) is 4.54. The van der Waals surface area contributed by atoms with E-state index < -0.39 is 18.3 Å². The monoisotopic (exact) mass is 290 g/mol. The van der Waals surface area contributed by atoms with Crippen molar-refractivity contribution in [1.29, 1.82) is 0 Å². The zero-order valence-electron chi connectivity index (χ0n) is 12.7. The van der Waals surface area contributed by atoms with Gasteiger partial charge in [-0.2, -0.15) is 0 Å². The molecule has 0 aromatic carbocycles. The van der Waals surface area contributed by atoms with E-state index in [1.54, 1.807) is 0 Å². The summed E-state index contributed by atoms with van der Waals surface area (Å²) in [6.07, 6.45) is -0.347. The SMILES string of the molecule is CCOC1CC(COC2CN(C)C(CO)C2F)N(C)C1. The molecule has 118 valence electrons. The molecule has 5 unspecified atom stereocenters. The number of aliphatic hydroxyl groups is 1. The van der Waals surface area contributed by atoms with Crippen molar-refractivity contribution in [2.75, 3.05) is 47.0 Å². The summed E-state index contributed by atoms with van der Waals surface area (Å²) in [7, 11) is 3.88. The normalized spacial score (nSPS) is 39.8. The Morgan fingerprint density at radius 2 is 1.95 bits per heavy atom. The lowest BCUT2D eigenvalue weighted by atomic mass is 10.1. The van der Waals surface area contributed by atoms with Crippen LogP contribution in [-0.2, 0) is 9.47 Å². The van der Waals surface area contributed by atoms with Gasteiger partial charge in [0.05, 0.1) is 25.4 Å². The van der Waals surface area contributed by atoms with Crippen molar-refractivity contribution >= 4 is 0 Å². The van der Waals surface area contributed by atoms with Crippen LogP contribution in [0.3, 0.4) is 0 Å². The van der Waals surface area contributed by atoms with E-state index in [1.165, 1.54) is 0 Å². The molecule has 0 spiro atoms. The molecule has 2 rings (SSSR count). The Morgan fingerprint density at radius 1 is 1.20 bits per heavy atom. The molecular weight excluding hydrogens is 263 g/mol. The Balaban J connectivity index is 1.78. The lowest BCUT2D eigenvalue weighted by Crippen LogP contribution is -2.36. The average molecular weight is 290 g/mol. The van der Waals surface area contributed by atoms with Gasteiger partial charge in [0.15, 0.2) is 0 Å². The van der Waals surface area contributed by atoms with Crippen LogP contribution in [0.2, 0.25) is 0 Å². The highest BCUT2D eigenvalue weighted by molar-refractivity contribution is 4.93. The summed E-state index contributed by atoms with van der Waals surface area (Å²) in [4.78, 5) is 4.05. The van der Waals surface area contributed by atoms with Crippen molar-refractivity contribution in [2.45, 2.75) is 43.8 Å². The molecule has 5 atom stereocenters. The van der Waals surface area contributed by atoms with Crippen LogP contribution in [0, 0.1) is 0 Å². The van der Waals surface area contributed by atoms with E-state index in [4.69, 9.17) is 9.47 Å². The van der Waals surface area contributed by atoms with Gasteiger partial charge in [-0.05, 0) is 27.4 Å². The first-order valence-corrected chi connectivity index (χ1v) is 7.45. The zero-order valence-corrected chi connectivity index (χ0v) is 12.7. The van der Waals surface area contributed by atoms with Crippen molar-refractivity contribution in [1.82, 2.24) is 9.80 Å². The topological polar surface area (TPSA) is 45.2 Å². The van der Waals surface area contributed by atoms with E-state index in [0.717, 1.165) is 19.6 Å². The minimum atomic E-state index is -1.11. The van der Waals surface area contributed by atoms with Crippen LogP contribution in [0.4, 0.5) is 4.39 Å². The fourth-order valence-electron chi connectivity index (χ4n) is 3.21. The molecule has 2 saturated heterocycles. The minimum Gasteiger partial charge on any atom is -0.395 e. The Kier molecular flexibility index (Phi) is 5.74. The van der Waals surface area contributed by atoms with Crippen LogP contribution >= 0.6 is 0 Å². The summed E-state index contributed by atoms with van der Waals surface area (Å²) < 4.78 is 25.5. The number of alkyl halides is 1. The highest BCUT2D eigenvalue weighted by atomic mass is 19.1. The van der Waals surface area contributed by atoms with E-state index in [1.807, 2.05) is 18.9 Å². The molecule has 2 aliphatic heterocycles. The van der Waals surface area contributed by atoms with Gasteiger partial charge >= 0.3 is 0 Å². The predicted octanol–water partition coefficient (Wildman–Crippen LogP) is 0.125. The van der Waals surface area contributed by atoms with Crippen LogP contribution in [0.15, 0.2) is 0 Å². The van der Waals surface area contributed by atoms with Crippen LogP contribution < -0.4 is 0 Å². The minimum absolute atomic E-state index is 0.159. The van der Waals surface area contributed by atoms with Crippen LogP contribution in [0.1, 0.15) is 13.3 Å². The molecular formula is C14H27FN2O3. The summed E-state index contributed by atoms with van der Waals surface area (Å²) in [5.74, 6) is 0. The fourth-order valence-corrected chi connectivity index (χ4v) is 3.21. The maximum absolute atomic E-state index is 14.1. The van der Waals surface area contributed by atoms with Gasteiger partial charge in [-0.25, -0.2) is 4.39 Å². The molecule has 2 heterocycles. The molecule has 1 N–H and O–H groups in total. The third-order valence-electron chi connectivity index (χ3n) is 4.50. The number of likely N-dealkylation sites (tertiary alicyclic amines) is 2. The van der Waals surface area contributed by atoms with Crippen molar-refractivity contribution in [3.63, 3.8) is 0 Å². The average Bonchev–Trinajstić information content (AvgIpc) is 2.88. The van der Waals surface area contributed by atoms with Crippen LogP contribution in [0.5, 0.6) is 0 Å². The maximum Gasteiger partial charge on any atom is 0.145 e. The summed E-state index contributed by atoms with van der Waals surface area (Å²) >= 11 is 0. The van der Waals surface area contributed by atoms with Crippen molar-refractivity contribution in [3.05, 3.63) is 0 Å². The number of rotatable bonds is 6. The molecule has 0 aromatic rings. The van der Waals surface area contributed by atoms with E-state index in [-0.39, 0.29) is 18.8 Å². The van der Waals surface area contributed by atoms with Gasteiger partial charge < -0.3 is 14.6 Å². The number of ether oxygens (including phenoxy) is 2. The number of likely N-dealkylation sites (N-methyl/N-ethyl adjacent to an activating group) is 2. The Hall–Kier alpha value is -0.270. The Morgan fingerprint density at radius 3 is 2.55 bits per heavy atom. The fraction of sp³-hybridized carbons (Fsp3) is 1.00. The molecule has 0 saturated carbocycles. The molecule has 0 bridgehead atoms. The summed E-state index contributed by atoms with van der Waals surface area (Å²) in [5, 5.41) is 9.18. The molecule has 20 heavy (non-hydrogen) atoms. The Bertz CT molecular complexity index is 308. The standard InChI is InChI=1S/C14H27FN2O3/c1-4-19-11-5-10(16(2)6-11)9-20-13-7-17(3)12(8-18)14(13)15/h10-14,18H,4-9H2,1-3H3. The first-order chi connectivity index (χ1) is 9.56. The zero-order chi connectivity index (χ0) is 14.7. The van der Waals surface area contributed by atoms with Gasteiger partial charge in [-0.15, -0.1) is 0 Å². The number of hydrogen-bond donors (Lipinski definition) is 1. The number of hydrogen-bond acceptors (Lipinski definition) is 5. The van der Waals surface area contributed by atoms with Gasteiger partial charge in [0.1, 0.15) is 12.3 Å². The quantitative estimate of drug-likeness (QED) is 0.753. The third kappa shape index (κ3) is 3.49. The lowest BCUT2D eigenvalue weighted by molar-refractivity contribution is -0.00697. The molecule has 5 nitrogen and oxygen atoms in total. The first kappa shape index (κ1) is 16.1. The van der Waals surface area contributed by atoms with Crippen LogP contribution in [0.25, 0.3) is 0 Å². The van der Waals surface area contributed by atoms with Gasteiger partial charge in [0.25, 0.3) is 0 Å². The summed E-state index contributed by atoms with van der Waals surface area (Å²) in [5.41, 5.74) is 0. The van der Waals surface area contributed by atoms with E-state index in [0.29, 0.717) is 13.2 Å². The maximum atomic E-state index is 14.1. The second-order valence-electron chi connectivity index (χ2n) is 5.91. The van der Waals surface area contributed by atoms with Crippen molar-refractivity contribution in [2.24, 2.45) is 0 Å². The molecule has 6 heteroatoms. The molecule has 2 fully saturated rings. The Labute approximate surface area is 120 Å². The number of nitrogens with zero attached hydrogens (tertiary/aromatic N) is 2. The largest absolute Gasteiger partial charge is 0.395 e. The van der Waals surface area contributed by atoms with Gasteiger partial charge in [-0.3, -0.25) is 9.80 Å². The number of halogens is 1. The van der Waals surface area contributed by atoms with Crippen molar-refractivity contribution in [3.8, 4) is 0 Å². The second kappa shape index (κ2) is 7.13. The predicted molar refractivity (Wildman–Crippen MR) is 74.6 cm³/mol. The summed E-state index contributed by atoms with van der Waals surface area (Å²) in [6, 6.07) is -0.144. The molecule has 0 radical (unpaired) electrons. The van der Waals surface area contributed by atoms with E-state index >= 15 is 0 Å². The molecule has 0 aromatic heterocycles. The highest BCUT2D eigenvalue weighted by Gasteiger charge is 2.41. The van der Waals surface area contributed by atoms with Crippen molar-refractivity contribution < 1.29 is 19.0 Å². The van der Waals surface area contributed by atoms with Gasteiger partial charge in [-0.1, -0.05) is 0 Å². The molecule has 2 aliphatic rings. The van der Waals surface area contributed by atoms with Gasteiger partial charge in [0.2, 0.25) is 0 Å². The van der Waals surface area contributed by atoms with Gasteiger partial charge in [0, 0.05) is 25.7 Å². The van der Waals surface area contributed by atoms with E-state index in [2.05, 4.69) is 11.9 Å². The van der Waals surface area contributed by atoms with Crippen LogP contribution in [-0.4, -0.2) is 92.4 Å². The highest BCUT2D eigenvalue weighted by Crippen LogP contribution is 2.24. The first-order valence-electron chi connectivity index (χ1n) is 7.45. The molecule has 0 amide bonds. The second-order valence-corrected chi connectivity index (χ2v) is 5.91. The third-order valence-corrected chi connectivity index (χ3v) is 4.50.